The van der Waals surface area contributed by atoms with Gasteiger partial charge in [0, 0.05) is 55.3 Å². The summed E-state index contributed by atoms with van der Waals surface area (Å²) in [5, 5.41) is 3.11. The van der Waals surface area contributed by atoms with Crippen molar-refractivity contribution in [2.24, 2.45) is 0 Å². The predicted octanol–water partition coefficient (Wildman–Crippen LogP) is 5.13. The highest BCUT2D eigenvalue weighted by Crippen LogP contribution is 2.32. The molecule has 0 saturated heterocycles. The zero-order valence-corrected chi connectivity index (χ0v) is 21.8. The third kappa shape index (κ3) is 7.74. The van der Waals surface area contributed by atoms with Crippen LogP contribution in [0, 0.1) is 0 Å². The summed E-state index contributed by atoms with van der Waals surface area (Å²) in [6, 6.07) is 19.9. The van der Waals surface area contributed by atoms with E-state index in [2.05, 4.69) is 55.1 Å². The number of carbonyl (C=O) groups excluding carboxylic acids is 2. The van der Waals surface area contributed by atoms with E-state index in [1.165, 1.54) is 0 Å². The number of benzene rings is 1. The molecule has 2 unspecified atom stereocenters. The lowest BCUT2D eigenvalue weighted by Gasteiger charge is -2.35. The number of nitrogens with one attached hydrogen (secondary N) is 1. The van der Waals surface area contributed by atoms with Gasteiger partial charge in [0.15, 0.2) is 0 Å². The zero-order valence-electron chi connectivity index (χ0n) is 21.8. The third-order valence-corrected chi connectivity index (χ3v) is 6.42. The van der Waals surface area contributed by atoms with Crippen molar-refractivity contribution in [1.29, 1.82) is 0 Å². The second kappa shape index (κ2) is 13.5. The van der Waals surface area contributed by atoms with E-state index in [4.69, 9.17) is 0 Å². The molecule has 2 amide bonds. The van der Waals surface area contributed by atoms with Crippen molar-refractivity contribution in [2.45, 2.75) is 70.9 Å². The van der Waals surface area contributed by atoms with Gasteiger partial charge >= 0.3 is 0 Å². The Bertz CT molecular complexity index is 1060. The molecule has 2 heterocycles. The molecular weight excluding hydrogens is 448 g/mol. The van der Waals surface area contributed by atoms with Gasteiger partial charge < -0.3 is 10.2 Å². The number of rotatable bonds is 12. The molecule has 0 spiro atoms. The lowest BCUT2D eigenvalue weighted by Crippen LogP contribution is -2.45. The molecule has 3 rings (SSSR count). The minimum atomic E-state index is -0.362. The second-order valence-electron chi connectivity index (χ2n) is 9.74. The lowest BCUT2D eigenvalue weighted by atomic mass is 9.84. The summed E-state index contributed by atoms with van der Waals surface area (Å²) < 4.78 is 0. The summed E-state index contributed by atoms with van der Waals surface area (Å²) in [4.78, 5) is 37.1. The van der Waals surface area contributed by atoms with E-state index in [0.717, 1.165) is 16.8 Å². The van der Waals surface area contributed by atoms with E-state index in [9.17, 15) is 9.59 Å². The van der Waals surface area contributed by atoms with E-state index < -0.39 is 0 Å². The SMILES string of the molecule is CC(C)N(C(=O)C(CC(CNC(=O)CCc1ccccn1)c1ccccc1)c1cccnc1)C(C)C. The highest BCUT2D eigenvalue weighted by atomic mass is 16.2. The highest BCUT2D eigenvalue weighted by Gasteiger charge is 2.32. The minimum Gasteiger partial charge on any atom is -0.355 e. The van der Waals surface area contributed by atoms with Crippen LogP contribution in [0.5, 0.6) is 0 Å². The molecule has 190 valence electrons. The molecule has 6 heteroatoms. The van der Waals surface area contributed by atoms with Crippen molar-refractivity contribution in [3.8, 4) is 0 Å². The fraction of sp³-hybridized carbons (Fsp3) is 0.400. The van der Waals surface area contributed by atoms with Crippen molar-refractivity contribution < 1.29 is 9.59 Å². The summed E-state index contributed by atoms with van der Waals surface area (Å²) >= 11 is 0. The Morgan fingerprint density at radius 1 is 0.861 bits per heavy atom. The van der Waals surface area contributed by atoms with E-state index in [-0.39, 0.29) is 35.7 Å². The fourth-order valence-electron chi connectivity index (χ4n) is 4.71. The van der Waals surface area contributed by atoms with Gasteiger partial charge in [0.25, 0.3) is 0 Å². The van der Waals surface area contributed by atoms with Gasteiger partial charge in [0.05, 0.1) is 5.92 Å². The number of aryl methyl sites for hydroxylation is 1. The van der Waals surface area contributed by atoms with Gasteiger partial charge in [0.2, 0.25) is 11.8 Å². The monoisotopic (exact) mass is 486 g/mol. The third-order valence-electron chi connectivity index (χ3n) is 6.42. The normalized spacial score (nSPS) is 12.8. The van der Waals surface area contributed by atoms with E-state index >= 15 is 0 Å². The van der Waals surface area contributed by atoms with Crippen molar-refractivity contribution in [3.05, 3.63) is 96.1 Å². The zero-order chi connectivity index (χ0) is 25.9. The molecule has 0 bridgehead atoms. The molecule has 0 aliphatic heterocycles. The Morgan fingerprint density at radius 2 is 1.56 bits per heavy atom. The molecule has 0 aliphatic carbocycles. The van der Waals surface area contributed by atoms with Crippen LogP contribution < -0.4 is 5.32 Å². The standard InChI is InChI=1S/C30H38N4O2/c1-22(2)34(23(3)4)30(36)28(25-13-10-17-31-20-25)19-26(24-11-6-5-7-12-24)21-33-29(35)16-15-27-14-8-9-18-32-27/h5-14,17-18,20,22-23,26,28H,15-16,19,21H2,1-4H3,(H,33,35). The Hall–Kier alpha value is -3.54. The van der Waals surface area contributed by atoms with E-state index in [1.54, 1.807) is 18.6 Å². The number of nitrogens with zero attached hydrogens (tertiary/aromatic N) is 3. The molecule has 0 aliphatic rings. The molecule has 6 nitrogen and oxygen atoms in total. The summed E-state index contributed by atoms with van der Waals surface area (Å²) in [6.45, 7) is 8.66. The molecule has 36 heavy (non-hydrogen) atoms. The largest absolute Gasteiger partial charge is 0.355 e. The Morgan fingerprint density at radius 3 is 2.17 bits per heavy atom. The molecular formula is C30H38N4O2. The molecule has 0 fully saturated rings. The van der Waals surface area contributed by atoms with Crippen LogP contribution in [0.15, 0.2) is 79.3 Å². The predicted molar refractivity (Wildman–Crippen MR) is 143 cm³/mol. The smallest absolute Gasteiger partial charge is 0.230 e. The quantitative estimate of drug-likeness (QED) is 0.385. The molecule has 3 aromatic rings. The summed E-state index contributed by atoms with van der Waals surface area (Å²) in [5.74, 6) is -0.313. The summed E-state index contributed by atoms with van der Waals surface area (Å²) in [7, 11) is 0. The van der Waals surface area contributed by atoms with Crippen LogP contribution in [0.1, 0.15) is 69.2 Å². The van der Waals surface area contributed by atoms with Crippen LogP contribution >= 0.6 is 0 Å². The highest BCUT2D eigenvalue weighted by molar-refractivity contribution is 5.84. The topological polar surface area (TPSA) is 75.2 Å². The number of carbonyl (C=O) groups is 2. The fourth-order valence-corrected chi connectivity index (χ4v) is 4.71. The average molecular weight is 487 g/mol. The van der Waals surface area contributed by atoms with Crippen molar-refractivity contribution >= 4 is 11.8 Å². The number of amides is 2. The van der Waals surface area contributed by atoms with Crippen LogP contribution in [0.25, 0.3) is 0 Å². The number of hydrogen-bond acceptors (Lipinski definition) is 4. The van der Waals surface area contributed by atoms with Crippen LogP contribution in [0.3, 0.4) is 0 Å². The van der Waals surface area contributed by atoms with Crippen LogP contribution in [-0.2, 0) is 16.0 Å². The lowest BCUT2D eigenvalue weighted by molar-refractivity contribution is -0.136. The number of aromatic nitrogens is 2. The van der Waals surface area contributed by atoms with Gasteiger partial charge in [-0.2, -0.15) is 0 Å². The van der Waals surface area contributed by atoms with Crippen LogP contribution in [0.2, 0.25) is 0 Å². The minimum absolute atomic E-state index is 0.0168. The Kier molecular flexibility index (Phi) is 10.2. The first-order valence-corrected chi connectivity index (χ1v) is 12.8. The first-order valence-electron chi connectivity index (χ1n) is 12.8. The van der Waals surface area contributed by atoms with Crippen LogP contribution in [0.4, 0.5) is 0 Å². The maximum Gasteiger partial charge on any atom is 0.230 e. The van der Waals surface area contributed by atoms with Gasteiger partial charge in [-0.05, 0) is 69.9 Å². The molecule has 0 saturated carbocycles. The molecule has 0 radical (unpaired) electrons. The first-order chi connectivity index (χ1) is 17.4. The van der Waals surface area contributed by atoms with Gasteiger partial charge in [0.1, 0.15) is 0 Å². The molecule has 2 atom stereocenters. The molecule has 1 aromatic carbocycles. The summed E-state index contributed by atoms with van der Waals surface area (Å²) in [5.41, 5.74) is 2.90. The Balaban J connectivity index is 1.80. The Labute approximate surface area is 215 Å². The van der Waals surface area contributed by atoms with Gasteiger partial charge in [-0.1, -0.05) is 42.5 Å². The van der Waals surface area contributed by atoms with Gasteiger partial charge in [-0.25, -0.2) is 0 Å². The van der Waals surface area contributed by atoms with Crippen LogP contribution in [-0.4, -0.2) is 45.3 Å². The number of hydrogen-bond donors (Lipinski definition) is 1. The van der Waals surface area contributed by atoms with Crippen molar-refractivity contribution in [3.63, 3.8) is 0 Å². The van der Waals surface area contributed by atoms with Gasteiger partial charge in [-0.3, -0.25) is 19.6 Å². The van der Waals surface area contributed by atoms with Gasteiger partial charge in [-0.15, -0.1) is 0 Å². The molecule has 2 aromatic heterocycles. The average Bonchev–Trinajstić information content (AvgIpc) is 2.88. The first kappa shape index (κ1) is 27.1. The summed E-state index contributed by atoms with van der Waals surface area (Å²) in [6.07, 6.45) is 6.80. The van der Waals surface area contributed by atoms with E-state index in [0.29, 0.717) is 25.8 Å². The van der Waals surface area contributed by atoms with Crippen molar-refractivity contribution in [2.75, 3.05) is 6.54 Å². The second-order valence-corrected chi connectivity index (χ2v) is 9.74. The van der Waals surface area contributed by atoms with Crippen molar-refractivity contribution in [1.82, 2.24) is 20.2 Å². The maximum atomic E-state index is 13.9. The maximum absolute atomic E-state index is 13.9. The van der Waals surface area contributed by atoms with E-state index in [1.807, 2.05) is 53.4 Å². The molecule has 1 N–H and O–H groups in total. The number of pyridine rings is 2.